The van der Waals surface area contributed by atoms with Gasteiger partial charge >= 0.3 is 0 Å². The van der Waals surface area contributed by atoms with Crippen LogP contribution >= 0.6 is 15.9 Å². The van der Waals surface area contributed by atoms with Gasteiger partial charge in [0, 0.05) is 10.7 Å². The molecule has 0 spiro atoms. The molecule has 7 heteroatoms. The average Bonchev–Trinajstić information content (AvgIpc) is 2.31. The minimum absolute atomic E-state index is 0.233. The van der Waals surface area contributed by atoms with E-state index < -0.39 is 15.8 Å². The normalized spacial score (nSPS) is 11.3. The van der Waals surface area contributed by atoms with E-state index in [9.17, 15) is 12.8 Å². The minimum Gasteiger partial charge on any atom is -0.267 e. The van der Waals surface area contributed by atoms with Crippen LogP contribution in [0.25, 0.3) is 0 Å². The number of hydrogen-bond donors (Lipinski definition) is 1. The molecule has 0 saturated carbocycles. The maximum Gasteiger partial charge on any atom is 0.238 e. The van der Waals surface area contributed by atoms with Gasteiger partial charge < -0.3 is 0 Å². The van der Waals surface area contributed by atoms with Gasteiger partial charge in [-0.1, -0.05) is 28.1 Å². The fourth-order valence-electron chi connectivity index (χ4n) is 1.46. The number of aromatic nitrogens is 1. The highest BCUT2D eigenvalue weighted by molar-refractivity contribution is 9.10. The molecule has 2 aromatic rings. The highest BCUT2D eigenvalue weighted by atomic mass is 79.9. The Hall–Kier alpha value is -1.47. The second kappa shape index (κ2) is 5.66. The van der Waals surface area contributed by atoms with Crippen LogP contribution in [0.15, 0.2) is 47.1 Å². The Kier molecular flexibility index (Phi) is 4.16. The van der Waals surface area contributed by atoms with Crippen LogP contribution in [-0.4, -0.2) is 13.4 Å². The van der Waals surface area contributed by atoms with Gasteiger partial charge in [-0.2, -0.15) is 0 Å². The van der Waals surface area contributed by atoms with E-state index in [1.54, 1.807) is 12.1 Å². The molecule has 0 radical (unpaired) electrons. The van der Waals surface area contributed by atoms with Crippen LogP contribution in [0, 0.1) is 5.82 Å². The van der Waals surface area contributed by atoms with Crippen LogP contribution < -0.4 is 4.72 Å². The first-order valence-corrected chi connectivity index (χ1v) is 7.76. The summed E-state index contributed by atoms with van der Waals surface area (Å²) < 4.78 is 39.6. The monoisotopic (exact) mass is 344 g/mol. The van der Waals surface area contributed by atoms with Gasteiger partial charge in [0.2, 0.25) is 10.0 Å². The molecule has 19 heavy (non-hydrogen) atoms. The van der Waals surface area contributed by atoms with E-state index in [2.05, 4.69) is 25.6 Å². The van der Waals surface area contributed by atoms with Crippen molar-refractivity contribution in [2.45, 2.75) is 5.75 Å². The van der Waals surface area contributed by atoms with E-state index in [1.165, 1.54) is 30.5 Å². The molecule has 0 aliphatic rings. The third kappa shape index (κ3) is 4.29. The predicted octanol–water partition coefficient (Wildman–Crippen LogP) is 2.93. The molecule has 0 saturated heterocycles. The quantitative estimate of drug-likeness (QED) is 0.927. The summed E-state index contributed by atoms with van der Waals surface area (Å²) in [6, 6.07) is 8.57. The Morgan fingerprint density at radius 3 is 2.53 bits per heavy atom. The van der Waals surface area contributed by atoms with Gasteiger partial charge in [-0.3, -0.25) is 4.72 Å². The number of benzene rings is 1. The predicted molar refractivity (Wildman–Crippen MR) is 74.6 cm³/mol. The lowest BCUT2D eigenvalue weighted by atomic mass is 10.2. The molecule has 0 aliphatic carbocycles. The van der Waals surface area contributed by atoms with Crippen LogP contribution in [0.5, 0.6) is 0 Å². The van der Waals surface area contributed by atoms with E-state index in [-0.39, 0.29) is 11.6 Å². The maximum absolute atomic E-state index is 12.7. The molecule has 0 atom stereocenters. The first-order valence-electron chi connectivity index (χ1n) is 5.31. The largest absolute Gasteiger partial charge is 0.267 e. The maximum atomic E-state index is 12.7. The lowest BCUT2D eigenvalue weighted by Gasteiger charge is -2.07. The number of anilines is 1. The molecular weight excluding hydrogens is 335 g/mol. The molecule has 1 aromatic heterocycles. The molecule has 1 aromatic carbocycles. The van der Waals surface area contributed by atoms with E-state index in [1.807, 2.05) is 0 Å². The van der Waals surface area contributed by atoms with E-state index in [0.717, 1.165) is 4.47 Å². The summed E-state index contributed by atoms with van der Waals surface area (Å²) in [5, 5.41) is 0. The van der Waals surface area contributed by atoms with E-state index in [0.29, 0.717) is 5.56 Å². The summed E-state index contributed by atoms with van der Waals surface area (Å²) >= 11 is 3.23. The van der Waals surface area contributed by atoms with Crippen molar-refractivity contribution in [2.75, 3.05) is 4.72 Å². The summed E-state index contributed by atoms with van der Waals surface area (Å²) in [5.74, 6) is -0.402. The van der Waals surface area contributed by atoms with Crippen LogP contribution in [0.1, 0.15) is 5.56 Å². The summed E-state index contributed by atoms with van der Waals surface area (Å²) in [4.78, 5) is 3.90. The summed E-state index contributed by atoms with van der Waals surface area (Å²) in [6.07, 6.45) is 1.49. The van der Waals surface area contributed by atoms with Crippen molar-refractivity contribution in [3.05, 3.63) is 58.4 Å². The molecule has 0 aliphatic heterocycles. The topological polar surface area (TPSA) is 59.1 Å². The zero-order chi connectivity index (χ0) is 13.9. The van der Waals surface area contributed by atoms with Gasteiger partial charge in [-0.05, 0) is 29.8 Å². The van der Waals surface area contributed by atoms with Crippen molar-refractivity contribution in [3.63, 3.8) is 0 Å². The Labute approximate surface area is 118 Å². The fraction of sp³-hybridized carbons (Fsp3) is 0.0833. The number of hydrogen-bond acceptors (Lipinski definition) is 3. The smallest absolute Gasteiger partial charge is 0.238 e. The Morgan fingerprint density at radius 1 is 1.21 bits per heavy atom. The molecule has 0 amide bonds. The highest BCUT2D eigenvalue weighted by Gasteiger charge is 2.12. The Bertz CT molecular complexity index is 674. The number of sulfonamides is 1. The summed E-state index contributed by atoms with van der Waals surface area (Å²) in [5.41, 5.74) is 0.504. The third-order valence-corrected chi connectivity index (χ3v) is 3.98. The Balaban J connectivity index is 2.13. The van der Waals surface area contributed by atoms with Crippen molar-refractivity contribution >= 4 is 31.8 Å². The first kappa shape index (κ1) is 14.0. The lowest BCUT2D eigenvalue weighted by Crippen LogP contribution is -2.15. The van der Waals surface area contributed by atoms with Crippen molar-refractivity contribution in [1.82, 2.24) is 4.98 Å². The van der Waals surface area contributed by atoms with Gasteiger partial charge in [0.05, 0.1) is 5.75 Å². The van der Waals surface area contributed by atoms with Gasteiger partial charge in [0.25, 0.3) is 0 Å². The van der Waals surface area contributed by atoms with Crippen LogP contribution in [0.2, 0.25) is 0 Å². The molecule has 1 N–H and O–H groups in total. The van der Waals surface area contributed by atoms with Crippen molar-refractivity contribution in [2.24, 2.45) is 0 Å². The molecule has 0 fully saturated rings. The van der Waals surface area contributed by atoms with Crippen LogP contribution in [0.3, 0.4) is 0 Å². The number of nitrogens with zero attached hydrogens (tertiary/aromatic N) is 1. The number of nitrogens with one attached hydrogen (secondary N) is 1. The standard InChI is InChI=1S/C12H10BrFN2O2S/c13-10-5-6-15-12(7-10)16-19(17,18)8-9-1-3-11(14)4-2-9/h1-7H,8H2,(H,15,16). The summed E-state index contributed by atoms with van der Waals surface area (Å²) in [6.45, 7) is 0. The molecule has 4 nitrogen and oxygen atoms in total. The second-order valence-corrected chi connectivity index (χ2v) is 6.48. The molecule has 0 bridgehead atoms. The molecular formula is C12H10BrFN2O2S. The van der Waals surface area contributed by atoms with E-state index in [4.69, 9.17) is 0 Å². The van der Waals surface area contributed by atoms with E-state index >= 15 is 0 Å². The minimum atomic E-state index is -3.57. The van der Waals surface area contributed by atoms with Gasteiger partial charge in [-0.15, -0.1) is 0 Å². The van der Waals surface area contributed by atoms with Crippen LogP contribution in [-0.2, 0) is 15.8 Å². The SMILES string of the molecule is O=S(=O)(Cc1ccc(F)cc1)Nc1cc(Br)ccn1. The van der Waals surface area contributed by atoms with Gasteiger partial charge in [-0.25, -0.2) is 17.8 Å². The Morgan fingerprint density at radius 2 is 1.89 bits per heavy atom. The van der Waals surface area contributed by atoms with Crippen molar-refractivity contribution < 1.29 is 12.8 Å². The zero-order valence-electron chi connectivity index (χ0n) is 9.68. The molecule has 2 rings (SSSR count). The number of pyridine rings is 1. The third-order valence-electron chi connectivity index (χ3n) is 2.25. The average molecular weight is 345 g/mol. The molecule has 100 valence electrons. The first-order chi connectivity index (χ1) is 8.94. The fourth-order valence-corrected chi connectivity index (χ4v) is 2.92. The van der Waals surface area contributed by atoms with Gasteiger partial charge in [0.15, 0.2) is 0 Å². The van der Waals surface area contributed by atoms with Crippen molar-refractivity contribution in [1.29, 1.82) is 0 Å². The molecule has 0 unspecified atom stereocenters. The summed E-state index contributed by atoms with van der Waals surface area (Å²) in [7, 11) is -3.57. The molecule has 1 heterocycles. The number of halogens is 2. The lowest BCUT2D eigenvalue weighted by molar-refractivity contribution is 0.599. The highest BCUT2D eigenvalue weighted by Crippen LogP contribution is 2.15. The van der Waals surface area contributed by atoms with Crippen molar-refractivity contribution in [3.8, 4) is 0 Å². The number of rotatable bonds is 4. The van der Waals surface area contributed by atoms with Crippen LogP contribution in [0.4, 0.5) is 10.2 Å². The second-order valence-electron chi connectivity index (χ2n) is 3.85. The van der Waals surface area contributed by atoms with Gasteiger partial charge in [0.1, 0.15) is 11.6 Å². The zero-order valence-corrected chi connectivity index (χ0v) is 12.1.